The van der Waals surface area contributed by atoms with Gasteiger partial charge in [-0.1, -0.05) is 17.7 Å². The Bertz CT molecular complexity index is 859. The Kier molecular flexibility index (Phi) is 5.75. The van der Waals surface area contributed by atoms with Gasteiger partial charge in [-0.25, -0.2) is 17.5 Å². The second-order valence-corrected chi connectivity index (χ2v) is 7.69. The van der Waals surface area contributed by atoms with Crippen LogP contribution < -0.4 is 10.5 Å². The molecular weight excluding hydrogens is 374 g/mol. The third kappa shape index (κ3) is 3.83. The second-order valence-electron chi connectivity index (χ2n) is 5.60. The molecule has 0 aromatic heterocycles. The predicted molar refractivity (Wildman–Crippen MR) is 95.5 cm³/mol. The number of benzene rings is 2. The van der Waals surface area contributed by atoms with E-state index in [1.807, 2.05) is 12.1 Å². The van der Waals surface area contributed by atoms with Crippen molar-refractivity contribution in [3.63, 3.8) is 0 Å². The van der Waals surface area contributed by atoms with Crippen LogP contribution in [0.3, 0.4) is 0 Å². The summed E-state index contributed by atoms with van der Waals surface area (Å²) in [6.45, 7) is 0. The van der Waals surface area contributed by atoms with Crippen molar-refractivity contribution in [1.82, 2.24) is 4.72 Å². The highest BCUT2D eigenvalue weighted by Crippen LogP contribution is 2.33. The van der Waals surface area contributed by atoms with E-state index in [9.17, 15) is 12.8 Å². The van der Waals surface area contributed by atoms with Crippen molar-refractivity contribution in [3.05, 3.63) is 58.4 Å². The Morgan fingerprint density at radius 3 is 2.71 bits per heavy atom. The van der Waals surface area contributed by atoms with Crippen LogP contribution in [0.1, 0.15) is 30.0 Å². The smallest absolute Gasteiger partial charge is 0.242 e. The van der Waals surface area contributed by atoms with Gasteiger partial charge in [0.25, 0.3) is 0 Å². The molecule has 0 spiro atoms. The van der Waals surface area contributed by atoms with Gasteiger partial charge in [-0.15, -0.1) is 12.4 Å². The molecule has 3 N–H and O–H groups in total. The van der Waals surface area contributed by atoms with Crippen LogP contribution in [0.4, 0.5) is 10.1 Å². The zero-order chi connectivity index (χ0) is 16.6. The molecule has 0 aliphatic heterocycles. The molecule has 130 valence electrons. The SMILES string of the molecule is Cl.Nc1ccc2c(c1)CCCC2NS(=O)(=O)c1cc(F)ccc1Cl. The molecule has 2 aromatic carbocycles. The molecule has 3 rings (SSSR count). The van der Waals surface area contributed by atoms with Crippen LogP contribution in [0.5, 0.6) is 0 Å². The van der Waals surface area contributed by atoms with E-state index in [-0.39, 0.29) is 28.4 Å². The van der Waals surface area contributed by atoms with E-state index in [1.54, 1.807) is 6.07 Å². The summed E-state index contributed by atoms with van der Waals surface area (Å²) in [5.41, 5.74) is 8.38. The van der Waals surface area contributed by atoms with E-state index < -0.39 is 15.8 Å². The average molecular weight is 391 g/mol. The van der Waals surface area contributed by atoms with Gasteiger partial charge in [-0.2, -0.15) is 0 Å². The summed E-state index contributed by atoms with van der Waals surface area (Å²) in [4.78, 5) is -0.248. The van der Waals surface area contributed by atoms with Gasteiger partial charge in [0.15, 0.2) is 0 Å². The van der Waals surface area contributed by atoms with Crippen LogP contribution in [-0.4, -0.2) is 8.42 Å². The summed E-state index contributed by atoms with van der Waals surface area (Å²) in [5.74, 6) is -0.647. The van der Waals surface area contributed by atoms with Gasteiger partial charge >= 0.3 is 0 Å². The standard InChI is InChI=1S/C16H16ClFN2O2S.ClH/c17-14-7-4-11(18)9-16(14)23(21,22)20-15-3-1-2-10-8-12(19)5-6-13(10)15;/h4-9,15,20H,1-3,19H2;1H. The van der Waals surface area contributed by atoms with E-state index in [2.05, 4.69) is 4.72 Å². The van der Waals surface area contributed by atoms with E-state index in [1.165, 1.54) is 6.07 Å². The van der Waals surface area contributed by atoms with Crippen molar-refractivity contribution in [1.29, 1.82) is 0 Å². The zero-order valence-corrected chi connectivity index (χ0v) is 15.0. The Morgan fingerprint density at radius 1 is 1.21 bits per heavy atom. The topological polar surface area (TPSA) is 72.2 Å². The average Bonchev–Trinajstić information content (AvgIpc) is 2.49. The fraction of sp³-hybridized carbons (Fsp3) is 0.250. The van der Waals surface area contributed by atoms with Crippen LogP contribution in [0, 0.1) is 5.82 Å². The van der Waals surface area contributed by atoms with Crippen LogP contribution in [0.2, 0.25) is 5.02 Å². The number of hydrogen-bond acceptors (Lipinski definition) is 3. The molecule has 0 saturated carbocycles. The van der Waals surface area contributed by atoms with E-state index >= 15 is 0 Å². The Hall–Kier alpha value is -1.34. The van der Waals surface area contributed by atoms with Crippen molar-refractivity contribution in [2.45, 2.75) is 30.2 Å². The summed E-state index contributed by atoms with van der Waals surface area (Å²) in [5, 5.41) is -0.00719. The van der Waals surface area contributed by atoms with Crippen molar-refractivity contribution in [2.75, 3.05) is 5.73 Å². The molecule has 8 heteroatoms. The highest BCUT2D eigenvalue weighted by Gasteiger charge is 2.27. The van der Waals surface area contributed by atoms with Crippen molar-refractivity contribution < 1.29 is 12.8 Å². The lowest BCUT2D eigenvalue weighted by Gasteiger charge is -2.26. The van der Waals surface area contributed by atoms with Gasteiger partial charge < -0.3 is 5.73 Å². The summed E-state index contributed by atoms with van der Waals surface area (Å²) in [6.07, 6.45) is 2.38. The van der Waals surface area contributed by atoms with Gasteiger partial charge in [-0.3, -0.25) is 0 Å². The molecule has 0 heterocycles. The predicted octanol–water partition coefficient (Wildman–Crippen LogP) is 3.84. The highest BCUT2D eigenvalue weighted by atomic mass is 35.5. The third-order valence-electron chi connectivity index (χ3n) is 3.96. The van der Waals surface area contributed by atoms with Crippen molar-refractivity contribution >= 4 is 39.7 Å². The zero-order valence-electron chi connectivity index (χ0n) is 12.6. The molecule has 0 amide bonds. The fourth-order valence-electron chi connectivity index (χ4n) is 2.89. The number of halogens is 3. The first kappa shape index (κ1) is 19.0. The molecule has 0 bridgehead atoms. The fourth-order valence-corrected chi connectivity index (χ4v) is 4.65. The maximum absolute atomic E-state index is 13.4. The molecule has 1 unspecified atom stereocenters. The number of fused-ring (bicyclic) bond motifs is 1. The Morgan fingerprint density at radius 2 is 1.96 bits per heavy atom. The first-order chi connectivity index (χ1) is 10.9. The first-order valence-electron chi connectivity index (χ1n) is 7.22. The third-order valence-corrected chi connectivity index (χ3v) is 5.91. The van der Waals surface area contributed by atoms with Crippen LogP contribution in [0.15, 0.2) is 41.3 Å². The molecule has 1 aliphatic rings. The van der Waals surface area contributed by atoms with Crippen molar-refractivity contribution in [3.8, 4) is 0 Å². The lowest BCUT2D eigenvalue weighted by molar-refractivity contribution is 0.507. The summed E-state index contributed by atoms with van der Waals surface area (Å²) in [7, 11) is -3.92. The molecule has 24 heavy (non-hydrogen) atoms. The molecule has 2 aromatic rings. The number of nitrogens with one attached hydrogen (secondary N) is 1. The number of nitrogen functional groups attached to an aromatic ring is 1. The number of aryl methyl sites for hydroxylation is 1. The Balaban J connectivity index is 0.00000208. The van der Waals surface area contributed by atoms with E-state index in [0.29, 0.717) is 12.1 Å². The second kappa shape index (κ2) is 7.27. The summed E-state index contributed by atoms with van der Waals surface area (Å²) >= 11 is 5.92. The van der Waals surface area contributed by atoms with E-state index in [0.717, 1.165) is 36.1 Å². The number of sulfonamides is 1. The summed E-state index contributed by atoms with van der Waals surface area (Å²) < 4.78 is 41.1. The quantitative estimate of drug-likeness (QED) is 0.781. The summed E-state index contributed by atoms with van der Waals surface area (Å²) in [6, 6.07) is 8.37. The first-order valence-corrected chi connectivity index (χ1v) is 9.08. The number of anilines is 1. The highest BCUT2D eigenvalue weighted by molar-refractivity contribution is 7.89. The monoisotopic (exact) mass is 390 g/mol. The van der Waals surface area contributed by atoms with Crippen LogP contribution in [-0.2, 0) is 16.4 Å². The lowest BCUT2D eigenvalue weighted by atomic mass is 9.88. The number of rotatable bonds is 3. The van der Waals surface area contributed by atoms with Crippen molar-refractivity contribution in [2.24, 2.45) is 0 Å². The van der Waals surface area contributed by atoms with Gasteiger partial charge in [-0.05, 0) is 60.7 Å². The lowest BCUT2D eigenvalue weighted by Crippen LogP contribution is -2.31. The molecule has 4 nitrogen and oxygen atoms in total. The molecule has 0 saturated heterocycles. The molecule has 1 atom stereocenters. The van der Waals surface area contributed by atoms with Crippen LogP contribution in [0.25, 0.3) is 0 Å². The minimum absolute atomic E-state index is 0. The van der Waals surface area contributed by atoms with Gasteiger partial charge in [0.1, 0.15) is 10.7 Å². The minimum atomic E-state index is -3.92. The van der Waals surface area contributed by atoms with Gasteiger partial charge in [0.05, 0.1) is 5.02 Å². The minimum Gasteiger partial charge on any atom is -0.399 e. The maximum Gasteiger partial charge on any atom is 0.242 e. The largest absolute Gasteiger partial charge is 0.399 e. The number of nitrogens with two attached hydrogens (primary N) is 1. The Labute approximate surface area is 151 Å². The van der Waals surface area contributed by atoms with Crippen LogP contribution >= 0.6 is 24.0 Å². The maximum atomic E-state index is 13.4. The van der Waals surface area contributed by atoms with Gasteiger partial charge in [0, 0.05) is 11.7 Å². The molecule has 0 fully saturated rings. The number of hydrogen-bond donors (Lipinski definition) is 2. The normalized spacial score (nSPS) is 17.0. The molecule has 1 aliphatic carbocycles. The van der Waals surface area contributed by atoms with E-state index in [4.69, 9.17) is 17.3 Å². The molecular formula is C16H17Cl2FN2O2S. The van der Waals surface area contributed by atoms with Gasteiger partial charge in [0.2, 0.25) is 10.0 Å². The molecule has 0 radical (unpaired) electrons.